The van der Waals surface area contributed by atoms with Crippen LogP contribution in [-0.2, 0) is 9.53 Å². The molecule has 3 rings (SSSR count). The Labute approximate surface area is 161 Å². The minimum Gasteiger partial charge on any atom is -0.447 e. The summed E-state index contributed by atoms with van der Waals surface area (Å²) in [5, 5.41) is 0. The lowest BCUT2D eigenvalue weighted by Crippen LogP contribution is -2.46. The van der Waals surface area contributed by atoms with Gasteiger partial charge in [0.1, 0.15) is 6.61 Å². The molecule has 1 heterocycles. The van der Waals surface area contributed by atoms with Gasteiger partial charge >= 0.3 is 6.09 Å². The van der Waals surface area contributed by atoms with E-state index in [0.717, 1.165) is 24.8 Å². The lowest BCUT2D eigenvalue weighted by atomic mass is 9.85. The summed E-state index contributed by atoms with van der Waals surface area (Å²) in [5.74, 6) is 0.321. The van der Waals surface area contributed by atoms with Gasteiger partial charge in [0.25, 0.3) is 0 Å². The maximum absolute atomic E-state index is 12.9. The molecule has 0 N–H and O–H groups in total. The predicted molar refractivity (Wildman–Crippen MR) is 102 cm³/mol. The summed E-state index contributed by atoms with van der Waals surface area (Å²) in [6.45, 7) is 6.29. The minimum atomic E-state index is -0.533. The van der Waals surface area contributed by atoms with Gasteiger partial charge in [0.2, 0.25) is 5.91 Å². The van der Waals surface area contributed by atoms with Crippen LogP contribution in [0.3, 0.4) is 0 Å². The molecule has 0 spiro atoms. The zero-order chi connectivity index (χ0) is 19.6. The summed E-state index contributed by atoms with van der Waals surface area (Å²) in [6.07, 6.45) is 3.17. The number of cyclic esters (lactones) is 1. The molecule has 1 aliphatic carbocycles. The van der Waals surface area contributed by atoms with Crippen LogP contribution in [0.2, 0.25) is 0 Å². The molecule has 2 aliphatic rings. The van der Waals surface area contributed by atoms with Crippen molar-refractivity contribution in [2.45, 2.75) is 58.9 Å². The fourth-order valence-electron chi connectivity index (χ4n) is 4.29. The Morgan fingerprint density at radius 3 is 2.33 bits per heavy atom. The monoisotopic (exact) mass is 371 g/mol. The average Bonchev–Trinajstić information content (AvgIpc) is 3.22. The Morgan fingerprint density at radius 2 is 1.70 bits per heavy atom. The van der Waals surface area contributed by atoms with E-state index in [-0.39, 0.29) is 41.6 Å². The highest BCUT2D eigenvalue weighted by Crippen LogP contribution is 2.38. The van der Waals surface area contributed by atoms with Crippen LogP contribution < -0.4 is 0 Å². The molecule has 0 radical (unpaired) electrons. The van der Waals surface area contributed by atoms with E-state index in [1.54, 1.807) is 0 Å². The number of ether oxygens (including phenoxy) is 1. The topological polar surface area (TPSA) is 63.7 Å². The highest BCUT2D eigenvalue weighted by molar-refractivity contribution is 5.96. The lowest BCUT2D eigenvalue weighted by Gasteiger charge is -2.31. The molecular weight excluding hydrogens is 342 g/mol. The van der Waals surface area contributed by atoms with E-state index >= 15 is 0 Å². The second-order valence-electron chi connectivity index (χ2n) is 8.87. The molecule has 5 nitrogen and oxygen atoms in total. The first kappa shape index (κ1) is 19.6. The van der Waals surface area contributed by atoms with Crippen LogP contribution in [-0.4, -0.2) is 35.3 Å². The van der Waals surface area contributed by atoms with E-state index in [4.69, 9.17) is 4.74 Å². The van der Waals surface area contributed by atoms with Crippen molar-refractivity contribution in [3.8, 4) is 0 Å². The number of amides is 2. The number of imide groups is 1. The molecular formula is C22H29NO4. The summed E-state index contributed by atoms with van der Waals surface area (Å²) < 4.78 is 5.15. The van der Waals surface area contributed by atoms with E-state index in [1.165, 1.54) is 4.90 Å². The number of carbonyl (C=O) groups is 3. The van der Waals surface area contributed by atoms with Gasteiger partial charge in [-0.3, -0.25) is 9.59 Å². The van der Waals surface area contributed by atoms with Gasteiger partial charge in [-0.15, -0.1) is 0 Å². The predicted octanol–water partition coefficient (Wildman–Crippen LogP) is 4.46. The molecule has 1 saturated carbocycles. The molecule has 1 aromatic rings. The molecule has 5 heteroatoms. The van der Waals surface area contributed by atoms with Gasteiger partial charge in [0, 0.05) is 18.4 Å². The summed E-state index contributed by atoms with van der Waals surface area (Å²) in [4.78, 5) is 38.9. The van der Waals surface area contributed by atoms with E-state index in [9.17, 15) is 14.4 Å². The molecule has 1 aliphatic heterocycles. The van der Waals surface area contributed by atoms with E-state index in [1.807, 2.05) is 51.1 Å². The number of benzene rings is 1. The number of hydrogen-bond donors (Lipinski definition) is 0. The van der Waals surface area contributed by atoms with Crippen molar-refractivity contribution in [3.63, 3.8) is 0 Å². The highest BCUT2D eigenvalue weighted by Gasteiger charge is 2.45. The maximum atomic E-state index is 12.9. The summed E-state index contributed by atoms with van der Waals surface area (Å²) in [6, 6.07) is 9.08. The third kappa shape index (κ3) is 4.40. The third-order valence-electron chi connectivity index (χ3n) is 5.94. The van der Waals surface area contributed by atoms with Crippen LogP contribution in [0.25, 0.3) is 0 Å². The number of Topliss-reactive ketones (excluding diaryl/α,β-unsaturated/α-hetero) is 1. The van der Waals surface area contributed by atoms with Gasteiger partial charge < -0.3 is 4.74 Å². The molecule has 0 unspecified atom stereocenters. The quantitative estimate of drug-likeness (QED) is 0.717. The zero-order valence-corrected chi connectivity index (χ0v) is 16.4. The first-order chi connectivity index (χ1) is 12.8. The summed E-state index contributed by atoms with van der Waals surface area (Å²) in [7, 11) is 0. The highest BCUT2D eigenvalue weighted by atomic mass is 16.6. The number of carbonyl (C=O) groups excluding carboxylic acids is 3. The Kier molecular flexibility index (Phi) is 5.68. The van der Waals surface area contributed by atoms with Crippen LogP contribution in [0, 0.1) is 17.3 Å². The summed E-state index contributed by atoms with van der Waals surface area (Å²) in [5.41, 5.74) is 0.505. The van der Waals surface area contributed by atoms with Crippen LogP contribution in [0.15, 0.2) is 30.3 Å². The Hall–Kier alpha value is -2.17. The molecule has 146 valence electrons. The van der Waals surface area contributed by atoms with Gasteiger partial charge in [-0.25, -0.2) is 9.69 Å². The first-order valence-corrected chi connectivity index (χ1v) is 9.84. The van der Waals surface area contributed by atoms with Gasteiger partial charge in [0.15, 0.2) is 5.78 Å². The van der Waals surface area contributed by atoms with Gasteiger partial charge in [-0.05, 0) is 30.1 Å². The molecule has 1 aromatic carbocycles. The largest absolute Gasteiger partial charge is 0.447 e. The van der Waals surface area contributed by atoms with Crippen molar-refractivity contribution < 1.29 is 19.1 Å². The minimum absolute atomic E-state index is 0.132. The SMILES string of the molecule is CC(C)(C)[C@H]1COC(=O)N1C(=O)C[C@H]1CCC[C@@H]1CC(=O)c1ccccc1. The number of nitrogens with zero attached hydrogens (tertiary/aromatic N) is 1. The molecule has 0 bridgehead atoms. The van der Waals surface area contributed by atoms with Crippen molar-refractivity contribution in [2.24, 2.45) is 17.3 Å². The van der Waals surface area contributed by atoms with Crippen molar-refractivity contribution in [3.05, 3.63) is 35.9 Å². The first-order valence-electron chi connectivity index (χ1n) is 9.84. The van der Waals surface area contributed by atoms with Crippen molar-refractivity contribution in [1.29, 1.82) is 0 Å². The normalized spacial score (nSPS) is 25.5. The lowest BCUT2D eigenvalue weighted by molar-refractivity contribution is -0.131. The Balaban J connectivity index is 1.64. The summed E-state index contributed by atoms with van der Waals surface area (Å²) >= 11 is 0. The van der Waals surface area contributed by atoms with Crippen LogP contribution >= 0.6 is 0 Å². The van der Waals surface area contributed by atoms with E-state index in [0.29, 0.717) is 12.8 Å². The van der Waals surface area contributed by atoms with Crippen LogP contribution in [0.1, 0.15) is 63.2 Å². The molecule has 2 amide bonds. The van der Waals surface area contributed by atoms with Gasteiger partial charge in [-0.1, -0.05) is 57.5 Å². The Bertz CT molecular complexity index is 707. The number of ketones is 1. The van der Waals surface area contributed by atoms with E-state index in [2.05, 4.69) is 0 Å². The van der Waals surface area contributed by atoms with Gasteiger partial charge in [0.05, 0.1) is 6.04 Å². The van der Waals surface area contributed by atoms with Crippen molar-refractivity contribution in [1.82, 2.24) is 4.90 Å². The molecule has 2 fully saturated rings. The van der Waals surface area contributed by atoms with Crippen LogP contribution in [0.4, 0.5) is 4.79 Å². The van der Waals surface area contributed by atoms with Crippen molar-refractivity contribution in [2.75, 3.05) is 6.61 Å². The zero-order valence-electron chi connectivity index (χ0n) is 16.4. The molecule has 0 aromatic heterocycles. The van der Waals surface area contributed by atoms with Crippen LogP contribution in [0.5, 0.6) is 0 Å². The molecule has 27 heavy (non-hydrogen) atoms. The number of hydrogen-bond acceptors (Lipinski definition) is 4. The molecule has 1 saturated heterocycles. The van der Waals surface area contributed by atoms with Crippen molar-refractivity contribution >= 4 is 17.8 Å². The fraction of sp³-hybridized carbons (Fsp3) is 0.591. The molecule has 3 atom stereocenters. The number of rotatable bonds is 5. The fourth-order valence-corrected chi connectivity index (χ4v) is 4.29. The maximum Gasteiger partial charge on any atom is 0.416 e. The van der Waals surface area contributed by atoms with E-state index < -0.39 is 6.09 Å². The standard InChI is InChI=1S/C22H29NO4/c1-22(2,3)19-14-27-21(26)23(19)20(25)13-17-11-7-10-16(17)12-18(24)15-8-5-4-6-9-15/h4-6,8-9,16-17,19H,7,10-14H2,1-3H3/t16-,17-,19-/m1/s1. The second kappa shape index (κ2) is 7.83. The average molecular weight is 371 g/mol. The third-order valence-corrected chi connectivity index (χ3v) is 5.94. The second-order valence-corrected chi connectivity index (χ2v) is 8.87. The smallest absolute Gasteiger partial charge is 0.416 e. The van der Waals surface area contributed by atoms with Gasteiger partial charge in [-0.2, -0.15) is 0 Å². The Morgan fingerprint density at radius 1 is 1.07 bits per heavy atom.